The van der Waals surface area contributed by atoms with Crippen LogP contribution in [0.15, 0.2) is 12.0 Å². The molecule has 1 aliphatic rings. The van der Waals surface area contributed by atoms with Crippen molar-refractivity contribution in [3.63, 3.8) is 0 Å². The van der Waals surface area contributed by atoms with Gasteiger partial charge in [0.15, 0.2) is 0 Å². The third kappa shape index (κ3) is 3.68. The molecule has 0 aliphatic carbocycles. The molecular formula is C10H18O3. The van der Waals surface area contributed by atoms with E-state index in [9.17, 15) is 0 Å². The van der Waals surface area contributed by atoms with Crippen molar-refractivity contribution in [1.29, 1.82) is 0 Å². The van der Waals surface area contributed by atoms with E-state index in [1.54, 1.807) is 7.11 Å². The van der Waals surface area contributed by atoms with Gasteiger partial charge < -0.3 is 14.2 Å². The minimum Gasteiger partial charge on any atom is -0.466 e. The Kier molecular flexibility index (Phi) is 4.68. The number of hydrogen-bond acceptors (Lipinski definition) is 3. The van der Waals surface area contributed by atoms with Crippen molar-refractivity contribution in [2.45, 2.75) is 38.9 Å². The van der Waals surface area contributed by atoms with Crippen LogP contribution in [0.25, 0.3) is 0 Å². The Bertz CT molecular complexity index is 166. The van der Waals surface area contributed by atoms with Gasteiger partial charge in [0.2, 0.25) is 6.29 Å². The molecular weight excluding hydrogens is 168 g/mol. The summed E-state index contributed by atoms with van der Waals surface area (Å²) >= 11 is 0. The van der Waals surface area contributed by atoms with E-state index in [1.807, 2.05) is 6.08 Å². The summed E-state index contributed by atoms with van der Waals surface area (Å²) in [5, 5.41) is 0. The summed E-state index contributed by atoms with van der Waals surface area (Å²) in [5.74, 6) is 0.631. The van der Waals surface area contributed by atoms with Gasteiger partial charge in [-0.1, -0.05) is 13.3 Å². The molecule has 0 bridgehead atoms. The van der Waals surface area contributed by atoms with Crippen LogP contribution in [-0.2, 0) is 14.2 Å². The Morgan fingerprint density at radius 3 is 3.15 bits per heavy atom. The van der Waals surface area contributed by atoms with Gasteiger partial charge in [-0.25, -0.2) is 0 Å². The summed E-state index contributed by atoms with van der Waals surface area (Å²) < 4.78 is 15.9. The van der Waals surface area contributed by atoms with Crippen LogP contribution in [0.2, 0.25) is 0 Å². The number of allylic oxidation sites excluding steroid dienone is 1. The van der Waals surface area contributed by atoms with Gasteiger partial charge in [0.25, 0.3) is 5.95 Å². The minimum atomic E-state index is -0.123. The molecule has 3 nitrogen and oxygen atoms in total. The van der Waals surface area contributed by atoms with Crippen LogP contribution in [0.1, 0.15) is 32.6 Å². The fraction of sp³-hybridized carbons (Fsp3) is 0.800. The van der Waals surface area contributed by atoms with Gasteiger partial charge in [0.1, 0.15) is 0 Å². The zero-order chi connectivity index (χ0) is 9.52. The third-order valence-corrected chi connectivity index (χ3v) is 1.97. The average molecular weight is 186 g/mol. The fourth-order valence-electron chi connectivity index (χ4n) is 1.15. The van der Waals surface area contributed by atoms with Gasteiger partial charge in [0.05, 0.1) is 6.61 Å². The van der Waals surface area contributed by atoms with Gasteiger partial charge in [-0.05, 0) is 18.9 Å². The first-order valence-corrected chi connectivity index (χ1v) is 4.89. The summed E-state index contributed by atoms with van der Waals surface area (Å²) in [6.07, 6.45) is 5.95. The highest BCUT2D eigenvalue weighted by atomic mass is 16.7. The maximum atomic E-state index is 5.41. The number of ether oxygens (including phenoxy) is 3. The van der Waals surface area contributed by atoms with Crippen LogP contribution in [0, 0.1) is 0 Å². The van der Waals surface area contributed by atoms with E-state index in [1.165, 1.54) is 0 Å². The second-order valence-electron chi connectivity index (χ2n) is 3.09. The normalized spacial score (nSPS) is 22.0. The first-order valence-electron chi connectivity index (χ1n) is 4.89. The van der Waals surface area contributed by atoms with E-state index in [0.29, 0.717) is 5.95 Å². The van der Waals surface area contributed by atoms with Crippen molar-refractivity contribution < 1.29 is 14.2 Å². The smallest absolute Gasteiger partial charge is 0.277 e. The molecule has 1 unspecified atom stereocenters. The summed E-state index contributed by atoms with van der Waals surface area (Å²) in [4.78, 5) is 0. The summed E-state index contributed by atoms with van der Waals surface area (Å²) in [7, 11) is 1.65. The van der Waals surface area contributed by atoms with Crippen molar-refractivity contribution >= 4 is 0 Å². The lowest BCUT2D eigenvalue weighted by Gasteiger charge is -2.22. The number of methoxy groups -OCH3 is 1. The predicted octanol–water partition coefficient (Wildman–Crippen LogP) is 2.43. The highest BCUT2D eigenvalue weighted by Crippen LogP contribution is 2.18. The molecule has 0 aromatic heterocycles. The van der Waals surface area contributed by atoms with Gasteiger partial charge >= 0.3 is 0 Å². The molecule has 1 atom stereocenters. The van der Waals surface area contributed by atoms with Crippen molar-refractivity contribution in [2.75, 3.05) is 13.7 Å². The highest BCUT2D eigenvalue weighted by Gasteiger charge is 2.15. The quantitative estimate of drug-likeness (QED) is 0.617. The molecule has 1 aliphatic heterocycles. The number of rotatable bonds is 5. The topological polar surface area (TPSA) is 27.7 Å². The predicted molar refractivity (Wildman–Crippen MR) is 50.1 cm³/mol. The Hall–Kier alpha value is -0.700. The molecule has 0 saturated heterocycles. The van der Waals surface area contributed by atoms with Crippen molar-refractivity contribution in [1.82, 2.24) is 0 Å². The molecule has 0 N–H and O–H groups in total. The van der Waals surface area contributed by atoms with Crippen molar-refractivity contribution in [3.8, 4) is 0 Å². The van der Waals surface area contributed by atoms with Gasteiger partial charge in [-0.2, -0.15) is 0 Å². The minimum absolute atomic E-state index is 0.123. The second kappa shape index (κ2) is 5.86. The van der Waals surface area contributed by atoms with Crippen LogP contribution in [0.3, 0.4) is 0 Å². The van der Waals surface area contributed by atoms with Crippen molar-refractivity contribution in [2.24, 2.45) is 0 Å². The lowest BCUT2D eigenvalue weighted by Crippen LogP contribution is -2.19. The van der Waals surface area contributed by atoms with Crippen LogP contribution >= 0.6 is 0 Å². The molecule has 76 valence electrons. The third-order valence-electron chi connectivity index (χ3n) is 1.97. The molecule has 13 heavy (non-hydrogen) atoms. The highest BCUT2D eigenvalue weighted by molar-refractivity contribution is 4.88. The Balaban J connectivity index is 2.21. The molecule has 0 spiro atoms. The zero-order valence-electron chi connectivity index (χ0n) is 8.41. The number of hydrogen-bond donors (Lipinski definition) is 0. The van der Waals surface area contributed by atoms with Gasteiger partial charge in [0, 0.05) is 13.5 Å². The molecule has 0 radical (unpaired) electrons. The Morgan fingerprint density at radius 1 is 1.62 bits per heavy atom. The van der Waals surface area contributed by atoms with E-state index < -0.39 is 0 Å². The molecule has 0 aromatic rings. The summed E-state index contributed by atoms with van der Waals surface area (Å²) in [6, 6.07) is 0. The van der Waals surface area contributed by atoms with E-state index in [0.717, 1.165) is 32.3 Å². The second-order valence-corrected chi connectivity index (χ2v) is 3.09. The summed E-state index contributed by atoms with van der Waals surface area (Å²) in [5.41, 5.74) is 0. The first-order chi connectivity index (χ1) is 6.36. The van der Waals surface area contributed by atoms with E-state index >= 15 is 0 Å². The fourth-order valence-corrected chi connectivity index (χ4v) is 1.15. The average Bonchev–Trinajstić information content (AvgIpc) is 2.19. The van der Waals surface area contributed by atoms with Crippen LogP contribution in [0.4, 0.5) is 0 Å². The molecule has 0 fully saturated rings. The number of unbranched alkanes of at least 4 members (excludes halogenated alkanes) is 1. The molecule has 0 aromatic carbocycles. The molecule has 1 rings (SSSR count). The molecule has 1 heterocycles. The van der Waals surface area contributed by atoms with E-state index in [-0.39, 0.29) is 6.29 Å². The van der Waals surface area contributed by atoms with Gasteiger partial charge in [-0.3, -0.25) is 0 Å². The SMILES string of the molecule is CCCCOC1=CCCC(OC)O1. The standard InChI is InChI=1S/C10H18O3/c1-3-4-8-12-10-7-5-6-9(11-2)13-10/h7,9H,3-6,8H2,1-2H3. The Morgan fingerprint density at radius 2 is 2.46 bits per heavy atom. The molecule has 0 saturated carbocycles. The maximum Gasteiger partial charge on any atom is 0.277 e. The van der Waals surface area contributed by atoms with Crippen LogP contribution in [0.5, 0.6) is 0 Å². The lowest BCUT2D eigenvalue weighted by atomic mass is 10.2. The Labute approximate surface area is 79.7 Å². The molecule has 0 amide bonds. The van der Waals surface area contributed by atoms with Crippen molar-refractivity contribution in [3.05, 3.63) is 12.0 Å². The summed E-state index contributed by atoms with van der Waals surface area (Å²) in [6.45, 7) is 2.87. The largest absolute Gasteiger partial charge is 0.466 e. The van der Waals surface area contributed by atoms with E-state index in [2.05, 4.69) is 6.92 Å². The van der Waals surface area contributed by atoms with E-state index in [4.69, 9.17) is 14.2 Å². The zero-order valence-corrected chi connectivity index (χ0v) is 8.41. The van der Waals surface area contributed by atoms with Gasteiger partial charge in [-0.15, -0.1) is 0 Å². The maximum absolute atomic E-state index is 5.41. The van der Waals surface area contributed by atoms with Crippen LogP contribution in [-0.4, -0.2) is 20.0 Å². The van der Waals surface area contributed by atoms with Crippen LogP contribution < -0.4 is 0 Å². The lowest BCUT2D eigenvalue weighted by molar-refractivity contribution is -0.145. The first kappa shape index (κ1) is 10.4. The molecule has 3 heteroatoms. The monoisotopic (exact) mass is 186 g/mol.